The Labute approximate surface area is 205 Å². The lowest BCUT2D eigenvalue weighted by Gasteiger charge is -2.13. The minimum atomic E-state index is -0.661. The van der Waals surface area contributed by atoms with Crippen LogP contribution in [-0.2, 0) is 9.59 Å². The van der Waals surface area contributed by atoms with Gasteiger partial charge in [0, 0.05) is 11.4 Å². The summed E-state index contributed by atoms with van der Waals surface area (Å²) in [7, 11) is 1.37. The standard InChI is InChI=1S/C25H19ClFN3O5/c1-34-22-12-15(10-16(13-28)25(33)30-19-6-8-20(31)9-7-19)11-21(26)24(22)35-14-23(32)29-18-4-2-17(27)3-5-18/h2-12,31H,14H2,1H3,(H,29,32)(H,30,33)/b16-10+. The minimum Gasteiger partial charge on any atom is -0.508 e. The van der Waals surface area contributed by atoms with E-state index in [1.165, 1.54) is 73.8 Å². The Hall–Kier alpha value is -4.55. The van der Waals surface area contributed by atoms with Crippen LogP contribution in [-0.4, -0.2) is 30.6 Å². The molecule has 178 valence electrons. The molecular weight excluding hydrogens is 477 g/mol. The number of methoxy groups -OCH3 is 1. The van der Waals surface area contributed by atoms with Gasteiger partial charge in [-0.05, 0) is 72.3 Å². The molecule has 0 aromatic heterocycles. The van der Waals surface area contributed by atoms with Gasteiger partial charge in [0.25, 0.3) is 11.8 Å². The van der Waals surface area contributed by atoms with E-state index in [9.17, 15) is 24.3 Å². The summed E-state index contributed by atoms with van der Waals surface area (Å²) in [6.45, 7) is -0.402. The SMILES string of the molecule is COc1cc(/C=C(\C#N)C(=O)Nc2ccc(O)cc2)cc(Cl)c1OCC(=O)Nc1ccc(F)cc1. The van der Waals surface area contributed by atoms with Crippen LogP contribution >= 0.6 is 11.6 Å². The highest BCUT2D eigenvalue weighted by atomic mass is 35.5. The summed E-state index contributed by atoms with van der Waals surface area (Å²) < 4.78 is 23.8. The van der Waals surface area contributed by atoms with Crippen LogP contribution in [0.1, 0.15) is 5.56 Å². The van der Waals surface area contributed by atoms with Crippen molar-refractivity contribution >= 4 is 40.9 Å². The number of rotatable bonds is 8. The number of hydrogen-bond acceptors (Lipinski definition) is 6. The van der Waals surface area contributed by atoms with Gasteiger partial charge >= 0.3 is 0 Å². The number of phenols is 1. The monoisotopic (exact) mass is 495 g/mol. The Morgan fingerprint density at radius 2 is 1.71 bits per heavy atom. The Morgan fingerprint density at radius 3 is 2.34 bits per heavy atom. The molecule has 3 aromatic carbocycles. The molecule has 8 nitrogen and oxygen atoms in total. The van der Waals surface area contributed by atoms with E-state index < -0.39 is 24.2 Å². The number of aromatic hydroxyl groups is 1. The Morgan fingerprint density at radius 1 is 1.09 bits per heavy atom. The lowest BCUT2D eigenvalue weighted by Crippen LogP contribution is -2.20. The van der Waals surface area contributed by atoms with Crippen molar-refractivity contribution in [1.82, 2.24) is 0 Å². The number of carbonyl (C=O) groups is 2. The van der Waals surface area contributed by atoms with Gasteiger partial charge in [-0.2, -0.15) is 5.26 Å². The van der Waals surface area contributed by atoms with Crippen LogP contribution in [0.15, 0.2) is 66.2 Å². The van der Waals surface area contributed by atoms with Crippen molar-refractivity contribution in [3.05, 3.63) is 82.6 Å². The quantitative estimate of drug-likeness (QED) is 0.235. The number of nitrogens with zero attached hydrogens (tertiary/aromatic N) is 1. The van der Waals surface area contributed by atoms with Crippen LogP contribution in [0.25, 0.3) is 6.08 Å². The maximum Gasteiger partial charge on any atom is 0.266 e. The third kappa shape index (κ3) is 6.96. The summed E-state index contributed by atoms with van der Waals surface area (Å²) in [4.78, 5) is 24.6. The van der Waals surface area contributed by atoms with E-state index in [0.29, 0.717) is 16.9 Å². The second kappa shape index (κ2) is 11.5. The zero-order chi connectivity index (χ0) is 25.4. The van der Waals surface area contributed by atoms with Gasteiger partial charge in [0.1, 0.15) is 23.2 Å². The molecule has 3 aromatic rings. The van der Waals surface area contributed by atoms with Crippen molar-refractivity contribution in [2.75, 3.05) is 24.4 Å². The van der Waals surface area contributed by atoms with Crippen molar-refractivity contribution in [2.24, 2.45) is 0 Å². The fraction of sp³-hybridized carbons (Fsp3) is 0.0800. The van der Waals surface area contributed by atoms with Crippen LogP contribution in [0, 0.1) is 17.1 Å². The average Bonchev–Trinajstić information content (AvgIpc) is 2.84. The molecule has 2 amide bonds. The van der Waals surface area contributed by atoms with E-state index in [1.54, 1.807) is 0 Å². The van der Waals surface area contributed by atoms with E-state index >= 15 is 0 Å². The summed E-state index contributed by atoms with van der Waals surface area (Å²) in [5.41, 5.74) is 0.969. The third-order valence-electron chi connectivity index (χ3n) is 4.53. The molecule has 0 heterocycles. The minimum absolute atomic E-state index is 0.0380. The van der Waals surface area contributed by atoms with Crippen LogP contribution < -0.4 is 20.1 Å². The summed E-state index contributed by atoms with van der Waals surface area (Å²) in [5, 5.41) is 24.0. The molecule has 0 atom stereocenters. The highest BCUT2D eigenvalue weighted by Gasteiger charge is 2.16. The first-order valence-electron chi connectivity index (χ1n) is 10.1. The fourth-order valence-corrected chi connectivity index (χ4v) is 3.16. The van der Waals surface area contributed by atoms with Gasteiger partial charge in [0.05, 0.1) is 12.1 Å². The van der Waals surface area contributed by atoms with Gasteiger partial charge in [-0.25, -0.2) is 4.39 Å². The van der Waals surface area contributed by atoms with Gasteiger partial charge in [0.15, 0.2) is 18.1 Å². The molecule has 0 spiro atoms. The number of nitrogens with one attached hydrogen (secondary N) is 2. The van der Waals surface area contributed by atoms with Crippen LogP contribution in [0.3, 0.4) is 0 Å². The fourth-order valence-electron chi connectivity index (χ4n) is 2.89. The first-order valence-corrected chi connectivity index (χ1v) is 10.4. The largest absolute Gasteiger partial charge is 0.508 e. The number of phenolic OH excluding ortho intramolecular Hbond substituents is 1. The Balaban J connectivity index is 1.72. The molecule has 0 fully saturated rings. The number of benzene rings is 3. The first-order chi connectivity index (χ1) is 16.8. The highest BCUT2D eigenvalue weighted by molar-refractivity contribution is 6.32. The van der Waals surface area contributed by atoms with Crippen molar-refractivity contribution in [3.8, 4) is 23.3 Å². The van der Waals surface area contributed by atoms with E-state index in [0.717, 1.165) is 0 Å². The molecule has 0 radical (unpaired) electrons. The van der Waals surface area contributed by atoms with Crippen molar-refractivity contribution < 1.29 is 28.6 Å². The van der Waals surface area contributed by atoms with Crippen LogP contribution in [0.5, 0.6) is 17.2 Å². The second-order valence-electron chi connectivity index (χ2n) is 7.05. The number of halogens is 2. The predicted molar refractivity (Wildman–Crippen MR) is 129 cm³/mol. The smallest absolute Gasteiger partial charge is 0.266 e. The van der Waals surface area contributed by atoms with E-state index in [1.807, 2.05) is 6.07 Å². The number of anilines is 2. The molecule has 10 heteroatoms. The number of hydrogen-bond donors (Lipinski definition) is 3. The zero-order valence-electron chi connectivity index (χ0n) is 18.3. The molecular formula is C25H19ClFN3O5. The Bertz CT molecular complexity index is 1300. The lowest BCUT2D eigenvalue weighted by atomic mass is 10.1. The molecule has 0 saturated heterocycles. The summed E-state index contributed by atoms with van der Waals surface area (Å²) in [6.07, 6.45) is 1.31. The third-order valence-corrected chi connectivity index (χ3v) is 4.81. The Kier molecular flexibility index (Phi) is 8.27. The molecule has 0 saturated carbocycles. The number of nitriles is 1. The van der Waals surface area contributed by atoms with Crippen molar-refractivity contribution in [3.63, 3.8) is 0 Å². The normalized spacial score (nSPS) is 10.7. The second-order valence-corrected chi connectivity index (χ2v) is 7.46. The number of ether oxygens (including phenoxy) is 2. The molecule has 0 bridgehead atoms. The maximum atomic E-state index is 13.0. The van der Waals surface area contributed by atoms with Gasteiger partial charge < -0.3 is 25.2 Å². The number of amides is 2. The lowest BCUT2D eigenvalue weighted by molar-refractivity contribution is -0.118. The van der Waals surface area contributed by atoms with Gasteiger partial charge in [-0.15, -0.1) is 0 Å². The topological polar surface area (TPSA) is 121 Å². The van der Waals surface area contributed by atoms with Crippen LogP contribution in [0.2, 0.25) is 5.02 Å². The average molecular weight is 496 g/mol. The molecule has 0 aliphatic heterocycles. The van der Waals surface area contributed by atoms with E-state index in [2.05, 4.69) is 10.6 Å². The van der Waals surface area contributed by atoms with Crippen molar-refractivity contribution in [1.29, 1.82) is 5.26 Å². The zero-order valence-corrected chi connectivity index (χ0v) is 19.1. The molecule has 3 N–H and O–H groups in total. The van der Waals surface area contributed by atoms with Gasteiger partial charge in [0.2, 0.25) is 0 Å². The molecule has 0 aliphatic carbocycles. The summed E-state index contributed by atoms with van der Waals surface area (Å²) in [5.74, 6) is -1.29. The van der Waals surface area contributed by atoms with E-state index in [4.69, 9.17) is 21.1 Å². The molecule has 0 unspecified atom stereocenters. The first kappa shape index (κ1) is 25.1. The van der Waals surface area contributed by atoms with E-state index in [-0.39, 0.29) is 27.8 Å². The summed E-state index contributed by atoms with van der Waals surface area (Å²) >= 11 is 6.31. The highest BCUT2D eigenvalue weighted by Crippen LogP contribution is 2.37. The van der Waals surface area contributed by atoms with Gasteiger partial charge in [-0.1, -0.05) is 11.6 Å². The predicted octanol–water partition coefficient (Wildman–Crippen LogP) is 4.76. The maximum absolute atomic E-state index is 13.0. The molecule has 0 aliphatic rings. The summed E-state index contributed by atoms with van der Waals surface area (Å²) in [6, 6.07) is 15.8. The van der Waals surface area contributed by atoms with Crippen LogP contribution in [0.4, 0.5) is 15.8 Å². The van der Waals surface area contributed by atoms with Gasteiger partial charge in [-0.3, -0.25) is 9.59 Å². The molecule has 3 rings (SSSR count). The molecule has 35 heavy (non-hydrogen) atoms. The number of carbonyl (C=O) groups excluding carboxylic acids is 2. The van der Waals surface area contributed by atoms with Crippen molar-refractivity contribution in [2.45, 2.75) is 0 Å².